The normalized spacial score (nSPS) is 18.0. The van der Waals surface area contributed by atoms with Gasteiger partial charge in [0, 0.05) is 17.6 Å². The summed E-state index contributed by atoms with van der Waals surface area (Å²) in [5.74, 6) is 5.60. The summed E-state index contributed by atoms with van der Waals surface area (Å²) in [5, 5.41) is 1.89. The van der Waals surface area contributed by atoms with Crippen molar-refractivity contribution >= 4 is 32.1 Å². The van der Waals surface area contributed by atoms with E-state index >= 15 is 0 Å². The van der Waals surface area contributed by atoms with Crippen molar-refractivity contribution in [1.82, 2.24) is 14.1 Å². The van der Waals surface area contributed by atoms with E-state index in [0.717, 1.165) is 25.7 Å². The second-order valence-electron chi connectivity index (χ2n) is 5.28. The van der Waals surface area contributed by atoms with Gasteiger partial charge in [-0.2, -0.15) is 4.98 Å². The van der Waals surface area contributed by atoms with E-state index in [-0.39, 0.29) is 16.9 Å². The van der Waals surface area contributed by atoms with E-state index in [9.17, 15) is 8.42 Å². The maximum atomic E-state index is 12.7. The lowest BCUT2D eigenvalue weighted by atomic mass is 10.1. The van der Waals surface area contributed by atoms with Crippen molar-refractivity contribution in [3.63, 3.8) is 0 Å². The summed E-state index contributed by atoms with van der Waals surface area (Å²) >= 11 is 1.37. The molecule has 0 amide bonds. The number of anilines is 1. The Bertz CT molecular complexity index is 713. The number of fused-ring (bicyclic) bond motifs is 1. The average molecular weight is 329 g/mol. The minimum atomic E-state index is -3.66. The Morgan fingerprint density at radius 1 is 1.29 bits per heavy atom. The van der Waals surface area contributed by atoms with Crippen LogP contribution in [0.15, 0.2) is 16.6 Å². The lowest BCUT2D eigenvalue weighted by Crippen LogP contribution is -2.35. The van der Waals surface area contributed by atoms with Crippen LogP contribution in [-0.2, 0) is 10.0 Å². The monoisotopic (exact) mass is 329 g/mol. The maximum Gasteiger partial charge on any atom is 0.260 e. The van der Waals surface area contributed by atoms with Gasteiger partial charge in [0.15, 0.2) is 10.8 Å². The van der Waals surface area contributed by atoms with Crippen LogP contribution in [0.5, 0.6) is 0 Å². The van der Waals surface area contributed by atoms with Gasteiger partial charge in [0.2, 0.25) is 5.03 Å². The third kappa shape index (κ3) is 2.91. The summed E-state index contributed by atoms with van der Waals surface area (Å²) < 4.78 is 29.8. The maximum absolute atomic E-state index is 12.7. The molecule has 2 heterocycles. The number of hydrogen-bond acceptors (Lipinski definition) is 6. The molecular formula is C12H19N5O2S2. The number of hydrogen-bond donors (Lipinski definition) is 3. The molecule has 0 saturated heterocycles. The van der Waals surface area contributed by atoms with Crippen molar-refractivity contribution in [2.45, 2.75) is 49.6 Å². The highest BCUT2D eigenvalue weighted by atomic mass is 32.2. The molecule has 9 heteroatoms. The van der Waals surface area contributed by atoms with E-state index in [2.05, 4.69) is 15.1 Å². The summed E-state index contributed by atoms with van der Waals surface area (Å²) in [6, 6.07) is -0.00712. The second-order valence-corrected chi connectivity index (χ2v) is 7.78. The van der Waals surface area contributed by atoms with Crippen LogP contribution in [0.3, 0.4) is 0 Å². The number of rotatable bonds is 4. The van der Waals surface area contributed by atoms with E-state index in [1.807, 2.05) is 0 Å². The zero-order chi connectivity index (χ0) is 14.9. The first-order chi connectivity index (χ1) is 10.1. The van der Waals surface area contributed by atoms with Crippen LogP contribution in [0.25, 0.3) is 4.96 Å². The van der Waals surface area contributed by atoms with Gasteiger partial charge >= 0.3 is 0 Å². The molecular weight excluding hydrogens is 310 g/mol. The van der Waals surface area contributed by atoms with Gasteiger partial charge in [-0.25, -0.2) is 19.0 Å². The smallest absolute Gasteiger partial charge is 0.260 e. The third-order valence-corrected chi connectivity index (χ3v) is 6.09. The molecule has 0 radical (unpaired) electrons. The number of nitrogen functional groups attached to an aromatic ring is 1. The average Bonchev–Trinajstić information content (AvgIpc) is 2.92. The van der Waals surface area contributed by atoms with Gasteiger partial charge in [-0.3, -0.25) is 4.40 Å². The van der Waals surface area contributed by atoms with Gasteiger partial charge in [-0.05, 0) is 12.8 Å². The molecule has 3 rings (SSSR count). The molecule has 0 aliphatic heterocycles. The van der Waals surface area contributed by atoms with Gasteiger partial charge in [0.25, 0.3) is 10.0 Å². The number of nitrogens with zero attached hydrogens (tertiary/aromatic N) is 2. The molecule has 1 aliphatic rings. The Morgan fingerprint density at radius 3 is 2.67 bits per heavy atom. The van der Waals surface area contributed by atoms with Gasteiger partial charge in [0.1, 0.15) is 0 Å². The summed E-state index contributed by atoms with van der Waals surface area (Å²) in [4.78, 5) is 4.80. The fraction of sp³-hybridized carbons (Fsp3) is 0.583. The Balaban J connectivity index is 1.93. The zero-order valence-electron chi connectivity index (χ0n) is 11.6. The predicted octanol–water partition coefficient (Wildman–Crippen LogP) is 1.68. The van der Waals surface area contributed by atoms with Crippen LogP contribution in [-0.4, -0.2) is 23.8 Å². The van der Waals surface area contributed by atoms with Crippen molar-refractivity contribution in [1.29, 1.82) is 0 Å². The minimum absolute atomic E-state index is 0.00712. The summed E-state index contributed by atoms with van der Waals surface area (Å²) in [5.41, 5.74) is 2.38. The molecule has 0 bridgehead atoms. The number of nitrogens with two attached hydrogens (primary N) is 1. The standard InChI is InChI=1S/C12H19N5O2S2/c13-15-10-11(17-7-8-20-12(17)14-10)21(18,19)16-9-5-3-1-2-4-6-9/h7-9,15-16H,1-6,13H2. The largest absolute Gasteiger partial charge is 0.306 e. The Hall–Kier alpha value is -1.16. The van der Waals surface area contributed by atoms with Crippen LogP contribution < -0.4 is 16.0 Å². The minimum Gasteiger partial charge on any atom is -0.306 e. The van der Waals surface area contributed by atoms with Crippen molar-refractivity contribution in [3.05, 3.63) is 11.6 Å². The molecule has 4 N–H and O–H groups in total. The molecule has 1 fully saturated rings. The van der Waals surface area contributed by atoms with Crippen LogP contribution in [0.1, 0.15) is 38.5 Å². The van der Waals surface area contributed by atoms with Gasteiger partial charge in [0.05, 0.1) is 0 Å². The third-order valence-electron chi connectivity index (χ3n) is 3.79. The number of sulfonamides is 1. The zero-order valence-corrected chi connectivity index (χ0v) is 13.2. The van der Waals surface area contributed by atoms with Crippen molar-refractivity contribution in [2.24, 2.45) is 5.84 Å². The van der Waals surface area contributed by atoms with Crippen LogP contribution in [0.4, 0.5) is 5.82 Å². The Kier molecular flexibility index (Phi) is 4.16. The summed E-state index contributed by atoms with van der Waals surface area (Å²) in [6.07, 6.45) is 7.94. The lowest BCUT2D eigenvalue weighted by molar-refractivity contribution is 0.507. The highest BCUT2D eigenvalue weighted by Crippen LogP contribution is 2.26. The molecule has 1 aliphatic carbocycles. The van der Waals surface area contributed by atoms with E-state index in [1.165, 1.54) is 24.2 Å². The quantitative estimate of drug-likeness (QED) is 0.450. The topological polar surface area (TPSA) is 102 Å². The molecule has 2 aromatic heterocycles. The highest BCUT2D eigenvalue weighted by Gasteiger charge is 2.28. The molecule has 116 valence electrons. The first kappa shape index (κ1) is 14.8. The number of aromatic nitrogens is 2. The fourth-order valence-corrected chi connectivity index (χ4v) is 5.11. The van der Waals surface area contributed by atoms with E-state index < -0.39 is 10.0 Å². The molecule has 7 nitrogen and oxygen atoms in total. The van der Waals surface area contributed by atoms with Crippen molar-refractivity contribution < 1.29 is 8.42 Å². The van der Waals surface area contributed by atoms with E-state index in [1.54, 1.807) is 16.0 Å². The first-order valence-corrected chi connectivity index (χ1v) is 9.42. The second kappa shape index (κ2) is 5.91. The van der Waals surface area contributed by atoms with Gasteiger partial charge in [-0.1, -0.05) is 25.7 Å². The van der Waals surface area contributed by atoms with Gasteiger partial charge < -0.3 is 5.43 Å². The predicted molar refractivity (Wildman–Crippen MR) is 82.7 cm³/mol. The van der Waals surface area contributed by atoms with E-state index in [4.69, 9.17) is 5.84 Å². The Morgan fingerprint density at radius 2 is 2.00 bits per heavy atom. The SMILES string of the molecule is NNc1nc2sccn2c1S(=O)(=O)NC1CCCCCC1. The van der Waals surface area contributed by atoms with E-state index in [0.29, 0.717) is 4.96 Å². The van der Waals surface area contributed by atoms with Crippen LogP contribution in [0, 0.1) is 0 Å². The summed E-state index contributed by atoms with van der Waals surface area (Å²) in [6.45, 7) is 0. The molecule has 0 unspecified atom stereocenters. The Labute approximate surface area is 127 Å². The number of hydrazine groups is 1. The molecule has 0 aromatic carbocycles. The van der Waals surface area contributed by atoms with Crippen LogP contribution in [0.2, 0.25) is 0 Å². The number of nitrogens with one attached hydrogen (secondary N) is 2. The molecule has 0 atom stereocenters. The lowest BCUT2D eigenvalue weighted by Gasteiger charge is -2.16. The highest BCUT2D eigenvalue weighted by molar-refractivity contribution is 7.89. The van der Waals surface area contributed by atoms with Gasteiger partial charge in [-0.15, -0.1) is 11.3 Å². The first-order valence-electron chi connectivity index (χ1n) is 7.06. The molecule has 1 saturated carbocycles. The van der Waals surface area contributed by atoms with Crippen LogP contribution >= 0.6 is 11.3 Å². The molecule has 0 spiro atoms. The molecule has 2 aromatic rings. The fourth-order valence-electron chi connectivity index (χ4n) is 2.79. The number of thiazole rings is 1. The number of imidazole rings is 1. The molecule has 21 heavy (non-hydrogen) atoms. The van der Waals surface area contributed by atoms with Crippen molar-refractivity contribution in [2.75, 3.05) is 5.43 Å². The van der Waals surface area contributed by atoms with Crippen molar-refractivity contribution in [3.8, 4) is 0 Å². The summed E-state index contributed by atoms with van der Waals surface area (Å²) in [7, 11) is -3.66.